The van der Waals surface area contributed by atoms with Gasteiger partial charge in [-0.15, -0.1) is 11.3 Å². The van der Waals surface area contributed by atoms with Crippen molar-refractivity contribution in [3.05, 3.63) is 81.0 Å². The number of rotatable bonds is 3. The lowest BCUT2D eigenvalue weighted by atomic mass is 10.2. The number of nitrogens with zero attached hydrogens (tertiary/aromatic N) is 1. The van der Waals surface area contributed by atoms with E-state index in [0.29, 0.717) is 11.6 Å². The lowest BCUT2D eigenvalue weighted by Gasteiger charge is -2.08. The number of hydrogen-bond donors (Lipinski definition) is 0. The van der Waals surface area contributed by atoms with E-state index >= 15 is 0 Å². The van der Waals surface area contributed by atoms with Gasteiger partial charge in [0.15, 0.2) is 0 Å². The summed E-state index contributed by atoms with van der Waals surface area (Å²) in [5, 5.41) is 2.71. The average Bonchev–Trinajstić information content (AvgIpc) is 2.95. The quantitative estimate of drug-likeness (QED) is 0.708. The van der Waals surface area contributed by atoms with Crippen molar-refractivity contribution in [2.24, 2.45) is 0 Å². The molecule has 2 heterocycles. The summed E-state index contributed by atoms with van der Waals surface area (Å²) in [6, 6.07) is 15.1. The van der Waals surface area contributed by atoms with Crippen LogP contribution in [0, 0.1) is 0 Å². The molecule has 0 aliphatic heterocycles. The number of pyridine rings is 1. The second-order valence-electron chi connectivity index (χ2n) is 4.49. The molecule has 0 aliphatic carbocycles. The van der Waals surface area contributed by atoms with Gasteiger partial charge in [-0.1, -0.05) is 29.8 Å². The molecule has 0 atom stereocenters. The summed E-state index contributed by atoms with van der Waals surface area (Å²) in [6.07, 6.45) is 1.90. The Balaban J connectivity index is 1.97. The maximum atomic E-state index is 12.0. The molecule has 2 aromatic heterocycles. The van der Waals surface area contributed by atoms with Gasteiger partial charge in [-0.3, -0.25) is 4.79 Å². The van der Waals surface area contributed by atoms with E-state index < -0.39 is 0 Å². The summed E-state index contributed by atoms with van der Waals surface area (Å²) < 4.78 is 1.71. The van der Waals surface area contributed by atoms with Crippen molar-refractivity contribution in [3.8, 4) is 10.4 Å². The molecule has 0 saturated heterocycles. The fraction of sp³-hybridized carbons (Fsp3) is 0.0625. The van der Waals surface area contributed by atoms with Crippen molar-refractivity contribution in [1.82, 2.24) is 4.57 Å². The first-order valence-electron chi connectivity index (χ1n) is 6.21. The minimum absolute atomic E-state index is 0.00900. The van der Waals surface area contributed by atoms with E-state index in [1.54, 1.807) is 22.0 Å². The first-order chi connectivity index (χ1) is 9.72. The molecule has 0 saturated carbocycles. The standard InChI is InChI=1S/C16H12ClNOS/c17-14-4-1-3-12(9-14)10-18-11-13(6-7-16(18)19)15-5-2-8-20-15/h1-9,11H,10H2. The third-order valence-electron chi connectivity index (χ3n) is 3.03. The van der Waals surface area contributed by atoms with E-state index in [0.717, 1.165) is 16.0 Å². The fourth-order valence-corrected chi connectivity index (χ4v) is 3.01. The molecule has 20 heavy (non-hydrogen) atoms. The largest absolute Gasteiger partial charge is 0.310 e. The minimum atomic E-state index is -0.00900. The SMILES string of the molecule is O=c1ccc(-c2cccs2)cn1Cc1cccc(Cl)c1. The summed E-state index contributed by atoms with van der Waals surface area (Å²) in [5.41, 5.74) is 2.06. The van der Waals surface area contributed by atoms with Crippen molar-refractivity contribution in [1.29, 1.82) is 0 Å². The molecule has 0 fully saturated rings. The molecular weight excluding hydrogens is 290 g/mol. The second-order valence-corrected chi connectivity index (χ2v) is 5.88. The predicted octanol–water partition coefficient (Wildman–Crippen LogP) is 4.28. The molecular formula is C16H12ClNOS. The maximum Gasteiger partial charge on any atom is 0.250 e. The highest BCUT2D eigenvalue weighted by atomic mass is 35.5. The lowest BCUT2D eigenvalue weighted by Crippen LogP contribution is -2.18. The van der Waals surface area contributed by atoms with E-state index in [2.05, 4.69) is 0 Å². The Morgan fingerprint density at radius 3 is 2.75 bits per heavy atom. The van der Waals surface area contributed by atoms with Crippen LogP contribution in [0.2, 0.25) is 5.02 Å². The monoisotopic (exact) mass is 301 g/mol. The Labute approximate surface area is 125 Å². The summed E-state index contributed by atoms with van der Waals surface area (Å²) in [4.78, 5) is 13.1. The van der Waals surface area contributed by atoms with Gasteiger partial charge in [0.05, 0.1) is 6.54 Å². The van der Waals surface area contributed by atoms with E-state index in [9.17, 15) is 4.79 Å². The number of aromatic nitrogens is 1. The molecule has 0 unspecified atom stereocenters. The van der Waals surface area contributed by atoms with E-state index in [1.807, 2.05) is 54.0 Å². The second kappa shape index (κ2) is 5.65. The maximum absolute atomic E-state index is 12.0. The van der Waals surface area contributed by atoms with Gasteiger partial charge in [0.25, 0.3) is 5.56 Å². The number of benzene rings is 1. The van der Waals surface area contributed by atoms with Crippen LogP contribution in [0.5, 0.6) is 0 Å². The number of halogens is 1. The third-order valence-corrected chi connectivity index (χ3v) is 4.19. The third kappa shape index (κ3) is 2.84. The molecule has 3 aromatic rings. The van der Waals surface area contributed by atoms with Gasteiger partial charge in [-0.2, -0.15) is 0 Å². The molecule has 0 bridgehead atoms. The molecule has 0 spiro atoms. The molecule has 2 nitrogen and oxygen atoms in total. The molecule has 0 N–H and O–H groups in total. The molecule has 0 aliphatic rings. The van der Waals surface area contributed by atoms with Gasteiger partial charge < -0.3 is 4.57 Å². The Kier molecular flexibility index (Phi) is 3.72. The zero-order valence-electron chi connectivity index (χ0n) is 10.6. The van der Waals surface area contributed by atoms with Crippen LogP contribution < -0.4 is 5.56 Å². The average molecular weight is 302 g/mol. The highest BCUT2D eigenvalue weighted by molar-refractivity contribution is 7.13. The number of thiophene rings is 1. The Hall–Kier alpha value is -1.84. The van der Waals surface area contributed by atoms with Crippen LogP contribution in [0.3, 0.4) is 0 Å². The molecule has 3 rings (SSSR count). The van der Waals surface area contributed by atoms with Crippen molar-refractivity contribution in [3.63, 3.8) is 0 Å². The fourth-order valence-electron chi connectivity index (χ4n) is 2.08. The van der Waals surface area contributed by atoms with Crippen LogP contribution in [0.25, 0.3) is 10.4 Å². The van der Waals surface area contributed by atoms with Crippen LogP contribution in [0.15, 0.2) is 64.9 Å². The minimum Gasteiger partial charge on any atom is -0.310 e. The van der Waals surface area contributed by atoms with Gasteiger partial charge in [0.1, 0.15) is 0 Å². The van der Waals surface area contributed by atoms with Crippen LogP contribution in [-0.2, 0) is 6.54 Å². The van der Waals surface area contributed by atoms with Crippen LogP contribution in [0.4, 0.5) is 0 Å². The van der Waals surface area contributed by atoms with Crippen molar-refractivity contribution >= 4 is 22.9 Å². The predicted molar refractivity (Wildman–Crippen MR) is 84.6 cm³/mol. The topological polar surface area (TPSA) is 22.0 Å². The highest BCUT2D eigenvalue weighted by Gasteiger charge is 2.03. The summed E-state index contributed by atoms with van der Waals surface area (Å²) in [5.74, 6) is 0. The van der Waals surface area contributed by atoms with E-state index in [1.165, 1.54) is 0 Å². The zero-order valence-corrected chi connectivity index (χ0v) is 12.2. The Morgan fingerprint density at radius 2 is 2.00 bits per heavy atom. The Bertz CT molecular complexity index is 777. The first kappa shape index (κ1) is 13.2. The molecule has 0 amide bonds. The van der Waals surface area contributed by atoms with Gasteiger partial charge >= 0.3 is 0 Å². The van der Waals surface area contributed by atoms with Gasteiger partial charge in [0, 0.05) is 27.7 Å². The smallest absolute Gasteiger partial charge is 0.250 e. The van der Waals surface area contributed by atoms with Crippen molar-refractivity contribution < 1.29 is 0 Å². The summed E-state index contributed by atoms with van der Waals surface area (Å²) >= 11 is 7.64. The van der Waals surface area contributed by atoms with Crippen LogP contribution in [0.1, 0.15) is 5.56 Å². The lowest BCUT2D eigenvalue weighted by molar-refractivity contribution is 0.761. The van der Waals surface area contributed by atoms with Gasteiger partial charge in [0.2, 0.25) is 0 Å². The van der Waals surface area contributed by atoms with Crippen molar-refractivity contribution in [2.45, 2.75) is 6.54 Å². The molecule has 4 heteroatoms. The van der Waals surface area contributed by atoms with E-state index in [4.69, 9.17) is 11.6 Å². The molecule has 1 aromatic carbocycles. The Morgan fingerprint density at radius 1 is 1.10 bits per heavy atom. The number of hydrogen-bond acceptors (Lipinski definition) is 2. The summed E-state index contributed by atoms with van der Waals surface area (Å²) in [6.45, 7) is 0.526. The molecule has 100 valence electrons. The summed E-state index contributed by atoms with van der Waals surface area (Å²) in [7, 11) is 0. The first-order valence-corrected chi connectivity index (χ1v) is 7.47. The van der Waals surface area contributed by atoms with Crippen LogP contribution in [-0.4, -0.2) is 4.57 Å². The normalized spacial score (nSPS) is 10.7. The zero-order chi connectivity index (χ0) is 13.9. The van der Waals surface area contributed by atoms with Gasteiger partial charge in [-0.25, -0.2) is 0 Å². The van der Waals surface area contributed by atoms with E-state index in [-0.39, 0.29) is 5.56 Å². The van der Waals surface area contributed by atoms with Gasteiger partial charge in [-0.05, 0) is 35.2 Å². The highest BCUT2D eigenvalue weighted by Crippen LogP contribution is 2.23. The van der Waals surface area contributed by atoms with Crippen molar-refractivity contribution in [2.75, 3.05) is 0 Å². The molecule has 0 radical (unpaired) electrons. The van der Waals surface area contributed by atoms with Crippen LogP contribution >= 0.6 is 22.9 Å².